The van der Waals surface area contributed by atoms with E-state index in [2.05, 4.69) is 4.98 Å². The third-order valence-corrected chi connectivity index (χ3v) is 2.63. The van der Waals surface area contributed by atoms with Crippen LogP contribution in [0.1, 0.15) is 24.2 Å². The van der Waals surface area contributed by atoms with Crippen molar-refractivity contribution in [2.75, 3.05) is 0 Å². The Kier molecular flexibility index (Phi) is 3.89. The first-order chi connectivity index (χ1) is 9.45. The molecule has 20 heavy (non-hydrogen) atoms. The van der Waals surface area contributed by atoms with Crippen molar-refractivity contribution in [3.8, 4) is 17.0 Å². The maximum Gasteiger partial charge on any atom is 0.335 e. The van der Waals surface area contributed by atoms with Gasteiger partial charge < -0.3 is 14.8 Å². The van der Waals surface area contributed by atoms with Gasteiger partial charge in [-0.05, 0) is 49.7 Å². The zero-order chi connectivity index (χ0) is 14.7. The van der Waals surface area contributed by atoms with E-state index in [0.29, 0.717) is 5.69 Å². The number of aromatic carboxylic acids is 1. The van der Waals surface area contributed by atoms with Gasteiger partial charge in [-0.15, -0.1) is 0 Å². The lowest BCUT2D eigenvalue weighted by molar-refractivity contribution is 0.0696. The number of ether oxygens (including phenoxy) is 1. The second kappa shape index (κ2) is 5.61. The molecule has 5 heteroatoms. The highest BCUT2D eigenvalue weighted by molar-refractivity contribution is 5.88. The number of nitrogens with one attached hydrogen (secondary N) is 1. The van der Waals surface area contributed by atoms with Crippen LogP contribution in [0.25, 0.3) is 11.3 Å². The van der Waals surface area contributed by atoms with E-state index in [9.17, 15) is 9.59 Å². The molecule has 0 amide bonds. The number of H-pyrrole nitrogens is 1. The summed E-state index contributed by atoms with van der Waals surface area (Å²) in [4.78, 5) is 25.0. The molecule has 1 heterocycles. The molecule has 0 aliphatic rings. The van der Waals surface area contributed by atoms with Gasteiger partial charge >= 0.3 is 5.97 Å². The van der Waals surface area contributed by atoms with E-state index in [4.69, 9.17) is 9.84 Å². The van der Waals surface area contributed by atoms with Crippen molar-refractivity contribution in [1.29, 1.82) is 0 Å². The van der Waals surface area contributed by atoms with Gasteiger partial charge in [-0.3, -0.25) is 4.79 Å². The van der Waals surface area contributed by atoms with E-state index in [1.165, 1.54) is 6.07 Å². The lowest BCUT2D eigenvalue weighted by Crippen LogP contribution is -2.10. The average molecular weight is 273 g/mol. The number of aromatic nitrogens is 1. The molecule has 0 unspecified atom stereocenters. The van der Waals surface area contributed by atoms with Gasteiger partial charge in [-0.2, -0.15) is 0 Å². The average Bonchev–Trinajstić information content (AvgIpc) is 2.38. The molecule has 0 saturated carbocycles. The minimum absolute atomic E-state index is 0.0359. The third kappa shape index (κ3) is 3.26. The highest BCUT2D eigenvalue weighted by atomic mass is 16.5. The standard InChI is InChI=1S/C15H15NO4/c1-9(2)20-12-5-3-10(4-6-12)13-7-11(15(18)19)8-14(17)16-13/h3-9H,1-2H3,(H,16,17)(H,18,19). The first-order valence-corrected chi connectivity index (χ1v) is 6.20. The molecule has 0 spiro atoms. The number of hydrogen-bond acceptors (Lipinski definition) is 3. The second-order valence-corrected chi connectivity index (χ2v) is 4.64. The number of hydrogen-bond donors (Lipinski definition) is 2. The van der Waals surface area contributed by atoms with Crippen LogP contribution < -0.4 is 10.3 Å². The Balaban J connectivity index is 2.36. The minimum atomic E-state index is -1.13. The fourth-order valence-electron chi connectivity index (χ4n) is 1.81. The summed E-state index contributed by atoms with van der Waals surface area (Å²) in [5.74, 6) is -0.405. The molecule has 2 N–H and O–H groups in total. The quantitative estimate of drug-likeness (QED) is 0.897. The van der Waals surface area contributed by atoms with Crippen LogP contribution >= 0.6 is 0 Å². The van der Waals surface area contributed by atoms with E-state index < -0.39 is 11.5 Å². The fraction of sp³-hybridized carbons (Fsp3) is 0.200. The normalized spacial score (nSPS) is 10.6. The third-order valence-electron chi connectivity index (χ3n) is 2.63. The molecule has 2 rings (SSSR count). The summed E-state index contributed by atoms with van der Waals surface area (Å²) in [7, 11) is 0. The molecule has 0 bridgehead atoms. The Bertz CT molecular complexity index is 671. The van der Waals surface area contributed by atoms with Gasteiger partial charge in [0.15, 0.2) is 0 Å². The number of pyridine rings is 1. The molecular weight excluding hydrogens is 258 g/mol. The molecule has 0 atom stereocenters. The van der Waals surface area contributed by atoms with Crippen LogP contribution in [-0.2, 0) is 0 Å². The monoisotopic (exact) mass is 273 g/mol. The van der Waals surface area contributed by atoms with Gasteiger partial charge in [0, 0.05) is 11.8 Å². The summed E-state index contributed by atoms with van der Waals surface area (Å²) < 4.78 is 5.52. The van der Waals surface area contributed by atoms with Gasteiger partial charge in [0.05, 0.1) is 11.7 Å². The molecule has 0 fully saturated rings. The van der Waals surface area contributed by atoms with Gasteiger partial charge in [0.1, 0.15) is 5.75 Å². The first kappa shape index (κ1) is 13.9. The van der Waals surface area contributed by atoms with Crippen molar-refractivity contribution in [2.45, 2.75) is 20.0 Å². The predicted molar refractivity (Wildman–Crippen MR) is 75.2 cm³/mol. The highest BCUT2D eigenvalue weighted by Crippen LogP contribution is 2.21. The van der Waals surface area contributed by atoms with Gasteiger partial charge in [0.2, 0.25) is 5.56 Å². The topological polar surface area (TPSA) is 79.4 Å². The van der Waals surface area contributed by atoms with Crippen LogP contribution in [0.15, 0.2) is 41.2 Å². The Morgan fingerprint density at radius 2 is 1.85 bits per heavy atom. The Morgan fingerprint density at radius 1 is 1.20 bits per heavy atom. The van der Waals surface area contributed by atoms with Crippen LogP contribution in [-0.4, -0.2) is 22.2 Å². The van der Waals surface area contributed by atoms with E-state index in [0.717, 1.165) is 17.4 Å². The zero-order valence-corrected chi connectivity index (χ0v) is 11.2. The van der Waals surface area contributed by atoms with Crippen molar-refractivity contribution in [1.82, 2.24) is 4.98 Å². The van der Waals surface area contributed by atoms with Crippen molar-refractivity contribution < 1.29 is 14.6 Å². The SMILES string of the molecule is CC(C)Oc1ccc(-c2cc(C(=O)O)cc(=O)[nH]2)cc1. The number of aromatic amines is 1. The smallest absolute Gasteiger partial charge is 0.335 e. The Labute approximate surface area is 115 Å². The predicted octanol–water partition coefficient (Wildman–Crippen LogP) is 2.53. The molecule has 2 aromatic rings. The van der Waals surface area contributed by atoms with Crippen LogP contribution in [0.2, 0.25) is 0 Å². The fourth-order valence-corrected chi connectivity index (χ4v) is 1.81. The largest absolute Gasteiger partial charge is 0.491 e. The molecule has 0 aliphatic carbocycles. The molecule has 1 aromatic carbocycles. The molecule has 0 saturated heterocycles. The second-order valence-electron chi connectivity index (χ2n) is 4.64. The molecule has 1 aromatic heterocycles. The lowest BCUT2D eigenvalue weighted by Gasteiger charge is -2.10. The van der Waals surface area contributed by atoms with Crippen LogP contribution in [0.3, 0.4) is 0 Å². The van der Waals surface area contributed by atoms with Crippen molar-refractivity contribution >= 4 is 5.97 Å². The first-order valence-electron chi connectivity index (χ1n) is 6.20. The summed E-state index contributed by atoms with van der Waals surface area (Å²) in [5.41, 5.74) is 0.709. The van der Waals surface area contributed by atoms with Crippen LogP contribution in [0, 0.1) is 0 Å². The number of benzene rings is 1. The van der Waals surface area contributed by atoms with Crippen LogP contribution in [0.5, 0.6) is 5.75 Å². The Morgan fingerprint density at radius 3 is 2.40 bits per heavy atom. The van der Waals surface area contributed by atoms with E-state index in [1.54, 1.807) is 24.3 Å². The van der Waals surface area contributed by atoms with E-state index in [1.807, 2.05) is 13.8 Å². The highest BCUT2D eigenvalue weighted by Gasteiger charge is 2.08. The number of carbonyl (C=O) groups is 1. The van der Waals surface area contributed by atoms with Crippen molar-refractivity contribution in [3.05, 3.63) is 52.3 Å². The zero-order valence-electron chi connectivity index (χ0n) is 11.2. The maximum absolute atomic E-state index is 11.5. The number of carboxylic acids is 1. The molecule has 0 aliphatic heterocycles. The Hall–Kier alpha value is -2.56. The summed E-state index contributed by atoms with van der Waals surface area (Å²) in [5, 5.41) is 8.95. The van der Waals surface area contributed by atoms with Gasteiger partial charge in [0.25, 0.3) is 0 Å². The summed E-state index contributed by atoms with van der Waals surface area (Å²) in [6, 6.07) is 9.59. The molecule has 5 nitrogen and oxygen atoms in total. The maximum atomic E-state index is 11.5. The van der Waals surface area contributed by atoms with Gasteiger partial charge in [-0.25, -0.2) is 4.79 Å². The number of rotatable bonds is 4. The molecular formula is C15H15NO4. The number of carboxylic acid groups (broad SMARTS) is 1. The molecule has 0 radical (unpaired) electrons. The van der Waals surface area contributed by atoms with E-state index in [-0.39, 0.29) is 11.7 Å². The summed E-state index contributed by atoms with van der Waals surface area (Å²) in [6.45, 7) is 3.86. The van der Waals surface area contributed by atoms with E-state index >= 15 is 0 Å². The van der Waals surface area contributed by atoms with Crippen molar-refractivity contribution in [2.24, 2.45) is 0 Å². The lowest BCUT2D eigenvalue weighted by atomic mass is 10.1. The van der Waals surface area contributed by atoms with Crippen LogP contribution in [0.4, 0.5) is 0 Å². The van der Waals surface area contributed by atoms with Crippen molar-refractivity contribution in [3.63, 3.8) is 0 Å². The summed E-state index contributed by atoms with van der Waals surface area (Å²) in [6.07, 6.45) is 0.0796. The van der Waals surface area contributed by atoms with Gasteiger partial charge in [-0.1, -0.05) is 0 Å². The minimum Gasteiger partial charge on any atom is -0.491 e. The molecule has 104 valence electrons. The summed E-state index contributed by atoms with van der Waals surface area (Å²) >= 11 is 0.